The number of nitrogens with one attached hydrogen (secondary N) is 1. The van der Waals surface area contributed by atoms with E-state index in [1.165, 1.54) is 17.6 Å². The normalized spacial score (nSPS) is 16.4. The van der Waals surface area contributed by atoms with Gasteiger partial charge in [-0.1, -0.05) is 43.9 Å². The number of para-hydroxylation sites is 1. The number of ether oxygens (including phenoxy) is 1. The zero-order valence-corrected chi connectivity index (χ0v) is 15.9. The van der Waals surface area contributed by atoms with Crippen LogP contribution < -0.4 is 5.32 Å². The van der Waals surface area contributed by atoms with Crippen LogP contribution in [0.5, 0.6) is 0 Å². The van der Waals surface area contributed by atoms with Gasteiger partial charge in [0, 0.05) is 6.04 Å². The summed E-state index contributed by atoms with van der Waals surface area (Å²) in [5.74, 6) is -0.901. The van der Waals surface area contributed by atoms with E-state index in [1.54, 1.807) is 13.8 Å². The number of esters is 1. The Morgan fingerprint density at radius 3 is 2.44 bits per heavy atom. The molecular weight excluding hydrogens is 344 g/mol. The largest absolute Gasteiger partial charge is 0.448 e. The van der Waals surface area contributed by atoms with Gasteiger partial charge in [-0.15, -0.1) is 5.10 Å². The van der Waals surface area contributed by atoms with Crippen LogP contribution in [-0.2, 0) is 9.53 Å². The van der Waals surface area contributed by atoms with Crippen molar-refractivity contribution in [3.63, 3.8) is 0 Å². The summed E-state index contributed by atoms with van der Waals surface area (Å²) >= 11 is 0. The summed E-state index contributed by atoms with van der Waals surface area (Å²) in [5, 5.41) is 11.5. The summed E-state index contributed by atoms with van der Waals surface area (Å²) in [6.45, 7) is 3.28. The highest BCUT2D eigenvalue weighted by Gasteiger charge is 2.25. The maximum absolute atomic E-state index is 12.5. The maximum atomic E-state index is 12.5. The van der Waals surface area contributed by atoms with E-state index >= 15 is 0 Å². The third-order valence-electron chi connectivity index (χ3n) is 4.82. The molecule has 27 heavy (non-hydrogen) atoms. The number of hydrogen-bond donors (Lipinski definition) is 1. The molecule has 0 saturated heterocycles. The molecule has 1 amide bonds. The summed E-state index contributed by atoms with van der Waals surface area (Å²) in [6.07, 6.45) is 5.78. The number of aryl methyl sites for hydroxylation is 1. The molecule has 1 aliphatic carbocycles. The summed E-state index contributed by atoms with van der Waals surface area (Å²) in [7, 11) is 0. The number of nitrogens with zero attached hydrogens (tertiary/aromatic N) is 3. The number of aromatic nitrogens is 3. The molecule has 7 nitrogen and oxygen atoms in total. The van der Waals surface area contributed by atoms with Crippen molar-refractivity contribution in [2.45, 2.75) is 64.5 Å². The van der Waals surface area contributed by atoms with Gasteiger partial charge in [0.1, 0.15) is 0 Å². The number of amides is 1. The van der Waals surface area contributed by atoms with E-state index in [9.17, 15) is 9.59 Å². The topological polar surface area (TPSA) is 86.1 Å². The lowest BCUT2D eigenvalue weighted by Crippen LogP contribution is -2.42. The highest BCUT2D eigenvalue weighted by Crippen LogP contribution is 2.17. The Morgan fingerprint density at radius 2 is 1.78 bits per heavy atom. The van der Waals surface area contributed by atoms with Crippen LogP contribution in [-0.4, -0.2) is 39.0 Å². The molecule has 1 heterocycles. The first-order valence-corrected chi connectivity index (χ1v) is 9.55. The Kier molecular flexibility index (Phi) is 6.21. The Balaban J connectivity index is 1.61. The van der Waals surface area contributed by atoms with Crippen LogP contribution in [0.2, 0.25) is 0 Å². The molecule has 7 heteroatoms. The highest BCUT2D eigenvalue weighted by molar-refractivity contribution is 5.91. The van der Waals surface area contributed by atoms with E-state index in [-0.39, 0.29) is 17.6 Å². The number of carbonyl (C=O) groups excluding carboxylic acids is 2. The molecule has 0 bridgehead atoms. The quantitative estimate of drug-likeness (QED) is 0.646. The third kappa shape index (κ3) is 4.93. The number of hydrogen-bond acceptors (Lipinski definition) is 5. The fourth-order valence-electron chi connectivity index (χ4n) is 3.26. The van der Waals surface area contributed by atoms with Gasteiger partial charge in [-0.25, -0.2) is 4.79 Å². The van der Waals surface area contributed by atoms with Crippen LogP contribution in [0.15, 0.2) is 30.3 Å². The minimum Gasteiger partial charge on any atom is -0.448 e. The molecule has 3 rings (SSSR count). The van der Waals surface area contributed by atoms with Crippen molar-refractivity contribution in [3.05, 3.63) is 41.7 Å². The van der Waals surface area contributed by atoms with Crippen molar-refractivity contribution in [1.29, 1.82) is 0 Å². The Morgan fingerprint density at radius 1 is 1.11 bits per heavy atom. The minimum atomic E-state index is -0.873. The standard InChI is InChI=1S/C20H26N4O3/c1-14-18(23-24(22-14)17-12-8-5-9-13-17)20(26)27-15(2)19(25)21-16-10-6-3-4-7-11-16/h5,8-9,12-13,15-16H,3-4,6-7,10-11H2,1-2H3,(H,21,25)/t15-/m1/s1. The number of benzene rings is 1. The van der Waals surface area contributed by atoms with Crippen molar-refractivity contribution >= 4 is 11.9 Å². The molecule has 1 saturated carbocycles. The molecule has 0 spiro atoms. The van der Waals surface area contributed by atoms with E-state index < -0.39 is 12.1 Å². The molecule has 0 aliphatic heterocycles. The molecule has 144 valence electrons. The number of rotatable bonds is 5. The molecule has 1 N–H and O–H groups in total. The van der Waals surface area contributed by atoms with Gasteiger partial charge in [-0.2, -0.15) is 9.90 Å². The van der Waals surface area contributed by atoms with Crippen LogP contribution >= 0.6 is 0 Å². The number of carbonyl (C=O) groups is 2. The van der Waals surface area contributed by atoms with Gasteiger partial charge in [-0.05, 0) is 38.8 Å². The van der Waals surface area contributed by atoms with Crippen molar-refractivity contribution in [2.24, 2.45) is 0 Å². The van der Waals surface area contributed by atoms with Gasteiger partial charge < -0.3 is 10.1 Å². The molecule has 0 unspecified atom stereocenters. The first-order chi connectivity index (χ1) is 13.0. The Labute approximate surface area is 159 Å². The third-order valence-corrected chi connectivity index (χ3v) is 4.82. The van der Waals surface area contributed by atoms with Gasteiger partial charge in [0.15, 0.2) is 11.8 Å². The van der Waals surface area contributed by atoms with Gasteiger partial charge in [-0.3, -0.25) is 4.79 Å². The summed E-state index contributed by atoms with van der Waals surface area (Å²) in [6, 6.07) is 9.48. The van der Waals surface area contributed by atoms with Crippen LogP contribution in [0.25, 0.3) is 5.69 Å². The lowest BCUT2D eigenvalue weighted by atomic mass is 10.1. The van der Waals surface area contributed by atoms with Crippen molar-refractivity contribution in [2.75, 3.05) is 0 Å². The molecule has 1 aliphatic rings. The van der Waals surface area contributed by atoms with E-state index in [0.29, 0.717) is 5.69 Å². The average molecular weight is 370 g/mol. The summed E-state index contributed by atoms with van der Waals surface area (Å²) in [5.41, 5.74) is 1.33. The SMILES string of the molecule is Cc1nn(-c2ccccc2)nc1C(=O)O[C@H](C)C(=O)NC1CCCCCC1. The van der Waals surface area contributed by atoms with E-state index in [0.717, 1.165) is 31.4 Å². The monoisotopic (exact) mass is 370 g/mol. The first-order valence-electron chi connectivity index (χ1n) is 9.55. The van der Waals surface area contributed by atoms with Gasteiger partial charge in [0.2, 0.25) is 0 Å². The second-order valence-electron chi connectivity index (χ2n) is 7.00. The highest BCUT2D eigenvalue weighted by atomic mass is 16.5. The molecule has 2 aromatic rings. The predicted molar refractivity (Wildman–Crippen MR) is 101 cm³/mol. The molecule has 1 atom stereocenters. The van der Waals surface area contributed by atoms with Crippen molar-refractivity contribution in [1.82, 2.24) is 20.3 Å². The second-order valence-corrected chi connectivity index (χ2v) is 7.00. The van der Waals surface area contributed by atoms with Crippen LogP contribution in [0.3, 0.4) is 0 Å². The zero-order chi connectivity index (χ0) is 19.2. The van der Waals surface area contributed by atoms with E-state index in [4.69, 9.17) is 4.74 Å². The van der Waals surface area contributed by atoms with E-state index in [2.05, 4.69) is 15.5 Å². The van der Waals surface area contributed by atoms with Crippen molar-refractivity contribution < 1.29 is 14.3 Å². The molecular formula is C20H26N4O3. The molecule has 0 radical (unpaired) electrons. The van der Waals surface area contributed by atoms with Crippen LogP contribution in [0.1, 0.15) is 61.6 Å². The lowest BCUT2D eigenvalue weighted by Gasteiger charge is -2.19. The first kappa shape index (κ1) is 19.1. The fraction of sp³-hybridized carbons (Fsp3) is 0.500. The van der Waals surface area contributed by atoms with E-state index in [1.807, 2.05) is 30.3 Å². The predicted octanol–water partition coefficient (Wildman–Crippen LogP) is 2.96. The van der Waals surface area contributed by atoms with Crippen LogP contribution in [0.4, 0.5) is 0 Å². The molecule has 1 fully saturated rings. The average Bonchev–Trinajstić information content (AvgIpc) is 2.88. The maximum Gasteiger partial charge on any atom is 0.361 e. The zero-order valence-electron chi connectivity index (χ0n) is 15.9. The molecule has 1 aromatic heterocycles. The van der Waals surface area contributed by atoms with Crippen molar-refractivity contribution in [3.8, 4) is 5.69 Å². The Bertz CT molecular complexity index is 780. The Hall–Kier alpha value is -2.70. The lowest BCUT2D eigenvalue weighted by molar-refractivity contribution is -0.129. The second kappa shape index (κ2) is 8.79. The fourth-order valence-corrected chi connectivity index (χ4v) is 3.26. The summed E-state index contributed by atoms with van der Waals surface area (Å²) in [4.78, 5) is 26.2. The summed E-state index contributed by atoms with van der Waals surface area (Å²) < 4.78 is 5.33. The minimum absolute atomic E-state index is 0.118. The van der Waals surface area contributed by atoms with Gasteiger partial charge in [0.05, 0.1) is 11.4 Å². The van der Waals surface area contributed by atoms with Gasteiger partial charge in [0.25, 0.3) is 5.91 Å². The molecule has 1 aromatic carbocycles. The van der Waals surface area contributed by atoms with Crippen LogP contribution in [0, 0.1) is 6.92 Å². The smallest absolute Gasteiger partial charge is 0.361 e. The van der Waals surface area contributed by atoms with Gasteiger partial charge >= 0.3 is 5.97 Å².